The van der Waals surface area contributed by atoms with E-state index in [1.807, 2.05) is 4.90 Å². The zero-order valence-electron chi connectivity index (χ0n) is 16.0. The third-order valence-corrected chi connectivity index (χ3v) is 5.10. The molecule has 1 aliphatic heterocycles. The molecule has 0 radical (unpaired) electrons. The number of rotatable bonds is 8. The van der Waals surface area contributed by atoms with E-state index in [0.29, 0.717) is 31.5 Å². The van der Waals surface area contributed by atoms with Gasteiger partial charge in [0.25, 0.3) is 5.91 Å². The van der Waals surface area contributed by atoms with Gasteiger partial charge in [0, 0.05) is 37.7 Å². The summed E-state index contributed by atoms with van der Waals surface area (Å²) in [5.41, 5.74) is 0.503. The van der Waals surface area contributed by atoms with Gasteiger partial charge in [-0.1, -0.05) is 26.7 Å². The summed E-state index contributed by atoms with van der Waals surface area (Å²) >= 11 is 0. The van der Waals surface area contributed by atoms with Gasteiger partial charge >= 0.3 is 0 Å². The van der Waals surface area contributed by atoms with Crippen LogP contribution in [0.2, 0.25) is 0 Å². The Morgan fingerprint density at radius 1 is 1.04 bits per heavy atom. The molecular weight excluding hydrogens is 331 g/mol. The van der Waals surface area contributed by atoms with Crippen molar-refractivity contribution in [2.75, 3.05) is 26.2 Å². The molecule has 1 saturated heterocycles. The molecule has 2 rings (SSSR count). The summed E-state index contributed by atoms with van der Waals surface area (Å²) in [6, 6.07) is 5.66. The Morgan fingerprint density at radius 3 is 2.08 bits per heavy atom. The van der Waals surface area contributed by atoms with Gasteiger partial charge in [-0.15, -0.1) is 0 Å². The quantitative estimate of drug-likeness (QED) is 0.698. The van der Waals surface area contributed by atoms with E-state index in [9.17, 15) is 14.0 Å². The van der Waals surface area contributed by atoms with E-state index in [2.05, 4.69) is 13.8 Å². The average molecular weight is 362 g/mol. The normalized spacial score (nSPS) is 15.1. The van der Waals surface area contributed by atoms with Crippen LogP contribution >= 0.6 is 0 Å². The van der Waals surface area contributed by atoms with Gasteiger partial charge in [-0.05, 0) is 49.9 Å². The second-order valence-electron chi connectivity index (χ2n) is 7.11. The first kappa shape index (κ1) is 20.4. The number of halogens is 1. The van der Waals surface area contributed by atoms with Gasteiger partial charge in [0.15, 0.2) is 0 Å². The van der Waals surface area contributed by atoms with Gasteiger partial charge in [-0.25, -0.2) is 4.39 Å². The van der Waals surface area contributed by atoms with Crippen molar-refractivity contribution < 1.29 is 14.0 Å². The van der Waals surface area contributed by atoms with Gasteiger partial charge in [0.1, 0.15) is 5.82 Å². The predicted octanol–water partition coefficient (Wildman–Crippen LogP) is 4.11. The number of nitrogens with zero attached hydrogens (tertiary/aromatic N) is 2. The standard InChI is InChI=1S/C21H31FN2O2/c1-3-5-13-23(14-6-4-2)21(26)18-11-15-24(16-12-18)20(25)17-7-9-19(22)10-8-17/h7-10,18H,3-6,11-16H2,1-2H3. The summed E-state index contributed by atoms with van der Waals surface area (Å²) in [5.74, 6) is -0.156. The lowest BCUT2D eigenvalue weighted by Gasteiger charge is -2.34. The molecule has 0 N–H and O–H groups in total. The highest BCUT2D eigenvalue weighted by molar-refractivity contribution is 5.94. The number of hydrogen-bond donors (Lipinski definition) is 0. The van der Waals surface area contributed by atoms with Crippen molar-refractivity contribution in [2.24, 2.45) is 5.92 Å². The zero-order chi connectivity index (χ0) is 18.9. The van der Waals surface area contributed by atoms with Crippen LogP contribution in [0.1, 0.15) is 62.7 Å². The second kappa shape index (κ2) is 10.3. The fourth-order valence-electron chi connectivity index (χ4n) is 3.39. The monoisotopic (exact) mass is 362 g/mol. The lowest BCUT2D eigenvalue weighted by molar-refractivity contribution is -0.137. The zero-order valence-corrected chi connectivity index (χ0v) is 16.0. The summed E-state index contributed by atoms with van der Waals surface area (Å²) in [6.45, 7) is 7.13. The first-order valence-electron chi connectivity index (χ1n) is 9.90. The molecule has 0 saturated carbocycles. The number of carbonyl (C=O) groups is 2. The average Bonchev–Trinajstić information content (AvgIpc) is 2.68. The Morgan fingerprint density at radius 2 is 1.58 bits per heavy atom. The van der Waals surface area contributed by atoms with E-state index in [1.165, 1.54) is 24.3 Å². The Balaban J connectivity index is 1.90. The summed E-state index contributed by atoms with van der Waals surface area (Å²) < 4.78 is 13.0. The fourth-order valence-corrected chi connectivity index (χ4v) is 3.39. The van der Waals surface area contributed by atoms with Gasteiger partial charge < -0.3 is 9.80 Å². The molecule has 1 fully saturated rings. The SMILES string of the molecule is CCCCN(CCCC)C(=O)C1CCN(C(=O)c2ccc(F)cc2)CC1. The summed E-state index contributed by atoms with van der Waals surface area (Å²) in [4.78, 5) is 29.2. The maximum Gasteiger partial charge on any atom is 0.253 e. The lowest BCUT2D eigenvalue weighted by Crippen LogP contribution is -2.45. The maximum atomic E-state index is 13.0. The van der Waals surface area contributed by atoms with Crippen molar-refractivity contribution in [3.05, 3.63) is 35.6 Å². The van der Waals surface area contributed by atoms with E-state index in [0.717, 1.165) is 38.8 Å². The number of piperidine rings is 1. The van der Waals surface area contributed by atoms with Gasteiger partial charge in [0.2, 0.25) is 5.91 Å². The van der Waals surface area contributed by atoms with Gasteiger partial charge in [-0.2, -0.15) is 0 Å². The molecule has 1 aliphatic rings. The van der Waals surface area contributed by atoms with E-state index >= 15 is 0 Å². The highest BCUT2D eigenvalue weighted by Gasteiger charge is 2.30. The van der Waals surface area contributed by atoms with Crippen LogP contribution in [0, 0.1) is 11.7 Å². The second-order valence-corrected chi connectivity index (χ2v) is 7.11. The van der Waals surface area contributed by atoms with Crippen LogP contribution in [0.15, 0.2) is 24.3 Å². The minimum absolute atomic E-state index is 0.0148. The van der Waals surface area contributed by atoms with Crippen LogP contribution in [-0.4, -0.2) is 47.8 Å². The minimum atomic E-state index is -0.342. The first-order valence-corrected chi connectivity index (χ1v) is 9.90. The predicted molar refractivity (Wildman–Crippen MR) is 101 cm³/mol. The van der Waals surface area contributed by atoms with Crippen molar-refractivity contribution in [1.82, 2.24) is 9.80 Å². The van der Waals surface area contributed by atoms with Crippen molar-refractivity contribution in [2.45, 2.75) is 52.4 Å². The number of likely N-dealkylation sites (tertiary alicyclic amines) is 1. The highest BCUT2D eigenvalue weighted by atomic mass is 19.1. The topological polar surface area (TPSA) is 40.6 Å². The van der Waals surface area contributed by atoms with Gasteiger partial charge in [0.05, 0.1) is 0 Å². The number of hydrogen-bond acceptors (Lipinski definition) is 2. The third kappa shape index (κ3) is 5.55. The van der Waals surface area contributed by atoms with E-state index < -0.39 is 0 Å². The van der Waals surface area contributed by atoms with Crippen LogP contribution in [-0.2, 0) is 4.79 Å². The molecule has 4 nitrogen and oxygen atoms in total. The Bertz CT molecular complexity index is 572. The number of unbranched alkanes of at least 4 members (excludes halogenated alkanes) is 2. The van der Waals surface area contributed by atoms with Crippen LogP contribution < -0.4 is 0 Å². The fraction of sp³-hybridized carbons (Fsp3) is 0.619. The van der Waals surface area contributed by atoms with E-state index in [1.54, 1.807) is 4.90 Å². The minimum Gasteiger partial charge on any atom is -0.342 e. The van der Waals surface area contributed by atoms with Gasteiger partial charge in [-0.3, -0.25) is 9.59 Å². The van der Waals surface area contributed by atoms with Crippen LogP contribution in [0.3, 0.4) is 0 Å². The highest BCUT2D eigenvalue weighted by Crippen LogP contribution is 2.22. The number of amides is 2. The Labute approximate surface area is 156 Å². The molecular formula is C21H31FN2O2. The first-order chi connectivity index (χ1) is 12.6. The summed E-state index contributed by atoms with van der Waals surface area (Å²) in [7, 11) is 0. The number of carbonyl (C=O) groups excluding carboxylic acids is 2. The molecule has 1 aromatic rings. The van der Waals surface area contributed by atoms with Crippen LogP contribution in [0.4, 0.5) is 4.39 Å². The Hall–Kier alpha value is -1.91. The molecule has 1 aromatic carbocycles. The number of benzene rings is 1. The van der Waals surface area contributed by atoms with Crippen LogP contribution in [0.25, 0.3) is 0 Å². The van der Waals surface area contributed by atoms with Crippen LogP contribution in [0.5, 0.6) is 0 Å². The van der Waals surface area contributed by atoms with Crippen molar-refractivity contribution in [3.8, 4) is 0 Å². The molecule has 1 heterocycles. The molecule has 0 spiro atoms. The molecule has 0 bridgehead atoms. The molecule has 2 amide bonds. The molecule has 0 unspecified atom stereocenters. The largest absolute Gasteiger partial charge is 0.342 e. The summed E-state index contributed by atoms with van der Waals surface area (Å²) in [5, 5.41) is 0. The maximum absolute atomic E-state index is 13.0. The van der Waals surface area contributed by atoms with Crippen molar-refractivity contribution in [3.63, 3.8) is 0 Å². The molecule has 0 atom stereocenters. The van der Waals surface area contributed by atoms with E-state index in [-0.39, 0.29) is 23.5 Å². The summed E-state index contributed by atoms with van der Waals surface area (Å²) in [6.07, 6.45) is 5.66. The van der Waals surface area contributed by atoms with E-state index in [4.69, 9.17) is 0 Å². The Kier molecular flexibility index (Phi) is 8.07. The molecule has 0 aromatic heterocycles. The molecule has 26 heavy (non-hydrogen) atoms. The lowest BCUT2D eigenvalue weighted by atomic mass is 9.94. The smallest absolute Gasteiger partial charge is 0.253 e. The third-order valence-electron chi connectivity index (χ3n) is 5.10. The van der Waals surface area contributed by atoms with Crippen molar-refractivity contribution in [1.29, 1.82) is 0 Å². The van der Waals surface area contributed by atoms with Crippen molar-refractivity contribution >= 4 is 11.8 Å². The molecule has 0 aliphatic carbocycles. The molecule has 144 valence electrons. The molecule has 5 heteroatoms.